The summed E-state index contributed by atoms with van der Waals surface area (Å²) < 4.78 is 24.0. The second-order valence-electron chi connectivity index (χ2n) is 3.56. The first-order valence-electron chi connectivity index (χ1n) is 4.77. The van der Waals surface area contributed by atoms with Crippen molar-refractivity contribution < 1.29 is 34.0 Å². The lowest BCUT2D eigenvalue weighted by atomic mass is 10.0. The fourth-order valence-corrected chi connectivity index (χ4v) is 2.64. The van der Waals surface area contributed by atoms with E-state index in [-0.39, 0.29) is 0 Å². The maximum atomic E-state index is 12.0. The molecular weight excluding hydrogens is 260 g/mol. The van der Waals surface area contributed by atoms with Crippen LogP contribution in [0.3, 0.4) is 0 Å². The monoisotopic (exact) mass is 273 g/mol. The summed E-state index contributed by atoms with van der Waals surface area (Å²) in [5, 5.41) is 38.3. The molecule has 0 aromatic heterocycles. The Bertz CT molecular complexity index is 283. The van der Waals surface area contributed by atoms with E-state index in [9.17, 15) is 28.9 Å². The Labute approximate surface area is 99.6 Å². The van der Waals surface area contributed by atoms with E-state index >= 15 is 0 Å². The topological polar surface area (TPSA) is 110 Å². The fraction of sp³-hybridized carbons (Fsp3) is 0.875. The maximum Gasteiger partial charge on any atom is 0.315 e. The Morgan fingerprint density at radius 1 is 1.29 bits per heavy atom. The molecule has 0 radical (unpaired) electrons. The third kappa shape index (κ3) is 3.26. The lowest BCUT2D eigenvalue weighted by Crippen LogP contribution is -2.61. The van der Waals surface area contributed by atoms with Crippen LogP contribution in [0.15, 0.2) is 0 Å². The first-order chi connectivity index (χ1) is 7.88. The molecule has 0 spiro atoms. The quantitative estimate of drug-likeness (QED) is 0.402. The molecule has 1 fully saturated rings. The Kier molecular flexibility index (Phi) is 5.07. The maximum absolute atomic E-state index is 12.0. The van der Waals surface area contributed by atoms with E-state index in [1.807, 2.05) is 0 Å². The summed E-state index contributed by atoms with van der Waals surface area (Å²) >= 11 is 0.696. The van der Waals surface area contributed by atoms with E-state index in [0.717, 1.165) is 0 Å². The first-order valence-corrected chi connectivity index (χ1v) is 5.71. The minimum Gasteiger partial charge on any atom is -0.395 e. The molecule has 9 heteroatoms. The highest BCUT2D eigenvalue weighted by Gasteiger charge is 2.44. The van der Waals surface area contributed by atoms with Gasteiger partial charge in [0, 0.05) is 0 Å². The number of aliphatic hydroxyl groups is 4. The zero-order valence-corrected chi connectivity index (χ0v) is 9.35. The van der Waals surface area contributed by atoms with Crippen LogP contribution in [0.5, 0.6) is 0 Å². The van der Waals surface area contributed by atoms with Crippen LogP contribution in [-0.4, -0.2) is 68.3 Å². The van der Waals surface area contributed by atoms with E-state index in [1.165, 1.54) is 0 Å². The number of hydrogen-bond donors (Lipinski definition) is 5. The number of hydrogen-bond acceptors (Lipinski definition) is 6. The first kappa shape index (κ1) is 14.6. The average molecular weight is 273 g/mol. The number of halogens is 2. The second kappa shape index (κ2) is 5.91. The highest BCUT2D eigenvalue weighted by molar-refractivity contribution is 8.00. The minimum atomic E-state index is -3.27. The van der Waals surface area contributed by atoms with Crippen LogP contribution in [0.2, 0.25) is 0 Å². The number of nitrogens with one attached hydrogen (secondary N) is 1. The summed E-state index contributed by atoms with van der Waals surface area (Å²) in [6, 6.07) is -1.40. The predicted octanol–water partition coefficient (Wildman–Crippen LogP) is -2.12. The van der Waals surface area contributed by atoms with Gasteiger partial charge in [0.1, 0.15) is 11.5 Å². The normalized spacial score (nSPS) is 38.2. The average Bonchev–Trinajstić information content (AvgIpc) is 2.28. The van der Waals surface area contributed by atoms with Crippen molar-refractivity contribution in [2.24, 2.45) is 0 Å². The Morgan fingerprint density at radius 3 is 2.35 bits per heavy atom. The van der Waals surface area contributed by atoms with Gasteiger partial charge in [0.25, 0.3) is 5.91 Å². The van der Waals surface area contributed by atoms with Crippen molar-refractivity contribution >= 4 is 17.7 Å². The Hall–Kier alpha value is -0.480. The van der Waals surface area contributed by atoms with Crippen LogP contribution in [-0.2, 0) is 4.79 Å². The molecule has 1 saturated heterocycles. The van der Waals surface area contributed by atoms with Gasteiger partial charge in [0.05, 0.1) is 24.0 Å². The van der Waals surface area contributed by atoms with Crippen molar-refractivity contribution in [1.82, 2.24) is 5.32 Å². The number of aliphatic hydroxyl groups excluding tert-OH is 4. The second-order valence-corrected chi connectivity index (χ2v) is 4.92. The molecule has 1 aliphatic heterocycles. The van der Waals surface area contributed by atoms with Crippen LogP contribution < -0.4 is 5.32 Å². The highest BCUT2D eigenvalue weighted by atomic mass is 32.2. The molecule has 0 bridgehead atoms. The van der Waals surface area contributed by atoms with Gasteiger partial charge in [-0.3, -0.25) is 4.79 Å². The predicted molar refractivity (Wildman–Crippen MR) is 54.4 cm³/mol. The van der Waals surface area contributed by atoms with Gasteiger partial charge >= 0.3 is 6.43 Å². The SMILES string of the molecule is O=C(N[C@H]1C(O)SC(CO)[C@@H](O)C1O)C(F)F. The number of rotatable bonds is 3. The fourth-order valence-electron chi connectivity index (χ4n) is 1.48. The van der Waals surface area contributed by atoms with Crippen LogP contribution in [0.1, 0.15) is 0 Å². The standard InChI is InChI=1S/C8H13F2NO5S/c9-6(10)7(15)11-3-5(14)4(13)2(1-12)17-8(3)16/h2-6,8,12-14,16H,1H2,(H,11,15)/t2?,3-,4-,5?,8?/m1/s1. The van der Waals surface area contributed by atoms with Gasteiger partial charge in [-0.05, 0) is 0 Å². The molecule has 1 rings (SSSR count). The molecule has 0 aromatic rings. The summed E-state index contributed by atoms with van der Waals surface area (Å²) in [5.41, 5.74) is -1.38. The Balaban J connectivity index is 2.69. The number of carbonyl (C=O) groups is 1. The molecule has 0 aliphatic carbocycles. The molecule has 17 heavy (non-hydrogen) atoms. The van der Waals surface area contributed by atoms with Crippen molar-refractivity contribution in [2.45, 2.75) is 35.4 Å². The number of alkyl halides is 2. The van der Waals surface area contributed by atoms with Crippen molar-refractivity contribution in [3.8, 4) is 0 Å². The summed E-state index contributed by atoms with van der Waals surface area (Å²) in [7, 11) is 0. The van der Waals surface area contributed by atoms with E-state index in [0.29, 0.717) is 11.8 Å². The number of carbonyl (C=O) groups excluding carboxylic acids is 1. The van der Waals surface area contributed by atoms with E-state index < -0.39 is 47.9 Å². The molecule has 1 aliphatic rings. The molecule has 0 saturated carbocycles. The van der Waals surface area contributed by atoms with E-state index in [4.69, 9.17) is 5.11 Å². The third-order valence-electron chi connectivity index (χ3n) is 2.41. The zero-order valence-electron chi connectivity index (χ0n) is 8.53. The van der Waals surface area contributed by atoms with Crippen molar-refractivity contribution in [2.75, 3.05) is 6.61 Å². The van der Waals surface area contributed by atoms with Crippen molar-refractivity contribution in [3.63, 3.8) is 0 Å². The van der Waals surface area contributed by atoms with Crippen LogP contribution >= 0.6 is 11.8 Å². The van der Waals surface area contributed by atoms with Gasteiger partial charge in [-0.1, -0.05) is 0 Å². The smallest absolute Gasteiger partial charge is 0.315 e. The zero-order chi connectivity index (χ0) is 13.2. The van der Waals surface area contributed by atoms with E-state index in [1.54, 1.807) is 5.32 Å². The van der Waals surface area contributed by atoms with Gasteiger partial charge < -0.3 is 25.7 Å². The molecule has 5 atom stereocenters. The third-order valence-corrected chi connectivity index (χ3v) is 3.76. The summed E-state index contributed by atoms with van der Waals surface area (Å²) in [6.45, 7) is -0.491. The summed E-state index contributed by atoms with van der Waals surface area (Å²) in [6.07, 6.45) is -6.31. The van der Waals surface area contributed by atoms with Gasteiger partial charge in [-0.15, -0.1) is 11.8 Å². The van der Waals surface area contributed by atoms with Crippen molar-refractivity contribution in [3.05, 3.63) is 0 Å². The van der Waals surface area contributed by atoms with Crippen LogP contribution in [0.4, 0.5) is 8.78 Å². The molecule has 1 heterocycles. The number of thioether (sulfide) groups is 1. The molecule has 0 aromatic carbocycles. The van der Waals surface area contributed by atoms with Gasteiger partial charge in [-0.2, -0.15) is 8.78 Å². The molecule has 1 amide bonds. The van der Waals surface area contributed by atoms with E-state index in [2.05, 4.69) is 0 Å². The molecule has 6 nitrogen and oxygen atoms in total. The molecule has 3 unspecified atom stereocenters. The molecule has 100 valence electrons. The largest absolute Gasteiger partial charge is 0.395 e. The molecular formula is C8H13F2NO5S. The lowest BCUT2D eigenvalue weighted by Gasteiger charge is -2.39. The van der Waals surface area contributed by atoms with Crippen LogP contribution in [0.25, 0.3) is 0 Å². The summed E-state index contributed by atoms with van der Waals surface area (Å²) in [5.74, 6) is -1.64. The van der Waals surface area contributed by atoms with Gasteiger partial charge in [-0.25, -0.2) is 0 Å². The Morgan fingerprint density at radius 2 is 1.88 bits per heavy atom. The highest BCUT2D eigenvalue weighted by Crippen LogP contribution is 2.31. The molecule has 5 N–H and O–H groups in total. The minimum absolute atomic E-state index is 0.491. The van der Waals surface area contributed by atoms with Crippen LogP contribution in [0, 0.1) is 0 Å². The van der Waals surface area contributed by atoms with Gasteiger partial charge in [0.2, 0.25) is 0 Å². The van der Waals surface area contributed by atoms with Gasteiger partial charge in [0.15, 0.2) is 0 Å². The van der Waals surface area contributed by atoms with Crippen molar-refractivity contribution in [1.29, 1.82) is 0 Å². The lowest BCUT2D eigenvalue weighted by molar-refractivity contribution is -0.135. The number of amides is 1. The summed E-state index contributed by atoms with van der Waals surface area (Å²) in [4.78, 5) is 10.7.